The summed E-state index contributed by atoms with van der Waals surface area (Å²) in [6, 6.07) is 2.76. The number of morpholine rings is 1. The van der Waals surface area contributed by atoms with E-state index in [2.05, 4.69) is 4.90 Å². The number of likely N-dealkylation sites (tertiary alicyclic amines) is 1. The molecule has 28 heavy (non-hydrogen) atoms. The zero-order chi connectivity index (χ0) is 19.9. The van der Waals surface area contributed by atoms with Crippen LogP contribution in [0.3, 0.4) is 0 Å². The first-order valence-corrected chi connectivity index (χ1v) is 10.9. The van der Waals surface area contributed by atoms with Gasteiger partial charge in [0, 0.05) is 25.7 Å². The van der Waals surface area contributed by atoms with Gasteiger partial charge < -0.3 is 14.4 Å². The van der Waals surface area contributed by atoms with Crippen molar-refractivity contribution in [3.63, 3.8) is 0 Å². The van der Waals surface area contributed by atoms with E-state index in [4.69, 9.17) is 9.47 Å². The number of benzene rings is 1. The fraction of sp³-hybridized carbons (Fsp3) is 0.611. The molecular formula is C18H22F2N2O5S. The normalized spacial score (nSPS) is 26.8. The van der Waals surface area contributed by atoms with Crippen molar-refractivity contribution in [2.75, 3.05) is 58.3 Å². The van der Waals surface area contributed by atoms with E-state index < -0.39 is 38.2 Å². The van der Waals surface area contributed by atoms with Gasteiger partial charge in [-0.25, -0.2) is 17.2 Å². The fourth-order valence-corrected chi connectivity index (χ4v) is 5.89. The number of sulfone groups is 1. The molecule has 3 aliphatic rings. The van der Waals surface area contributed by atoms with Gasteiger partial charge in [-0.2, -0.15) is 0 Å². The first-order chi connectivity index (χ1) is 13.3. The lowest BCUT2D eigenvalue weighted by atomic mass is 9.94. The molecule has 3 fully saturated rings. The van der Waals surface area contributed by atoms with E-state index in [-0.39, 0.29) is 31.0 Å². The Balaban J connectivity index is 1.37. The van der Waals surface area contributed by atoms with Crippen LogP contribution in [0.4, 0.5) is 8.78 Å². The minimum atomic E-state index is -3.39. The lowest BCUT2D eigenvalue weighted by molar-refractivity contribution is -0.122. The number of carbonyl (C=O) groups is 1. The van der Waals surface area contributed by atoms with E-state index >= 15 is 0 Å². The Morgan fingerprint density at radius 3 is 2.57 bits per heavy atom. The van der Waals surface area contributed by atoms with E-state index in [0.717, 1.165) is 12.1 Å². The van der Waals surface area contributed by atoms with E-state index in [1.54, 1.807) is 0 Å². The summed E-state index contributed by atoms with van der Waals surface area (Å²) < 4.78 is 63.5. The summed E-state index contributed by atoms with van der Waals surface area (Å²) in [5, 5.41) is -0.601. The largest absolute Gasteiger partial charge is 0.379 e. The van der Waals surface area contributed by atoms with Crippen molar-refractivity contribution in [2.45, 2.75) is 10.9 Å². The van der Waals surface area contributed by atoms with Crippen molar-refractivity contribution >= 4 is 15.7 Å². The van der Waals surface area contributed by atoms with Gasteiger partial charge in [0.2, 0.25) is 0 Å². The van der Waals surface area contributed by atoms with Crippen LogP contribution >= 0.6 is 0 Å². The predicted octanol–water partition coefficient (Wildman–Crippen LogP) is 0.305. The molecule has 0 unspecified atom stereocenters. The second-order valence-electron chi connectivity index (χ2n) is 7.62. The van der Waals surface area contributed by atoms with Crippen LogP contribution in [-0.2, 0) is 19.3 Å². The molecule has 1 aromatic carbocycles. The number of hydrogen-bond acceptors (Lipinski definition) is 6. The van der Waals surface area contributed by atoms with Gasteiger partial charge in [-0.1, -0.05) is 0 Å². The minimum absolute atomic E-state index is 0.0755. The lowest BCUT2D eigenvalue weighted by Gasteiger charge is -2.52. The van der Waals surface area contributed by atoms with Gasteiger partial charge in [-0.3, -0.25) is 9.69 Å². The van der Waals surface area contributed by atoms with E-state index in [1.165, 1.54) is 4.90 Å². The van der Waals surface area contributed by atoms with Gasteiger partial charge >= 0.3 is 0 Å². The van der Waals surface area contributed by atoms with Gasteiger partial charge in [0.15, 0.2) is 9.84 Å². The summed E-state index contributed by atoms with van der Waals surface area (Å²) in [6.07, 6.45) is 0. The summed E-state index contributed by atoms with van der Waals surface area (Å²) in [5.74, 6) is -2.46. The molecule has 7 nitrogen and oxygen atoms in total. The van der Waals surface area contributed by atoms with Gasteiger partial charge in [-0.15, -0.1) is 0 Å². The third-order valence-electron chi connectivity index (χ3n) is 5.52. The standard InChI is InChI=1S/C18H22F2N2O5S/c19-13-1-2-15(16(20)7-13)17(23)22-10-18(11-22)12-28(24,25)14(9-27-18)8-21-3-5-26-6-4-21/h1-2,7,14H,3-6,8-12H2/t14-/m0/s1. The van der Waals surface area contributed by atoms with Crippen molar-refractivity contribution in [1.82, 2.24) is 9.80 Å². The van der Waals surface area contributed by atoms with Gasteiger partial charge in [0.25, 0.3) is 5.91 Å². The third kappa shape index (κ3) is 3.78. The molecule has 1 atom stereocenters. The molecule has 3 heterocycles. The molecule has 3 aliphatic heterocycles. The first-order valence-electron chi connectivity index (χ1n) is 9.18. The Kier molecular flexibility index (Phi) is 5.15. The molecule has 1 amide bonds. The van der Waals surface area contributed by atoms with E-state index in [9.17, 15) is 22.0 Å². The number of ether oxygens (including phenoxy) is 2. The second kappa shape index (κ2) is 7.33. The number of hydrogen-bond donors (Lipinski definition) is 0. The van der Waals surface area contributed by atoms with Crippen molar-refractivity contribution in [3.05, 3.63) is 35.4 Å². The summed E-state index contributed by atoms with van der Waals surface area (Å²) in [4.78, 5) is 15.8. The molecule has 154 valence electrons. The Morgan fingerprint density at radius 1 is 1.21 bits per heavy atom. The SMILES string of the molecule is O=C(c1ccc(F)cc1F)N1CC2(C1)CS(=O)(=O)[C@@H](CN1CCOCC1)CO2. The third-order valence-corrected chi connectivity index (χ3v) is 7.75. The number of nitrogens with zero attached hydrogens (tertiary/aromatic N) is 2. The van der Waals surface area contributed by atoms with Crippen LogP contribution in [0.15, 0.2) is 18.2 Å². The van der Waals surface area contributed by atoms with E-state index in [0.29, 0.717) is 38.9 Å². The molecule has 1 aromatic rings. The van der Waals surface area contributed by atoms with Crippen LogP contribution in [0.5, 0.6) is 0 Å². The summed E-state index contributed by atoms with van der Waals surface area (Å²) in [7, 11) is -3.39. The number of amides is 1. The Bertz CT molecular complexity index is 867. The zero-order valence-corrected chi connectivity index (χ0v) is 16.1. The summed E-state index contributed by atoms with van der Waals surface area (Å²) >= 11 is 0. The van der Waals surface area contributed by atoms with Crippen LogP contribution in [0.1, 0.15) is 10.4 Å². The maximum absolute atomic E-state index is 13.8. The number of halogens is 2. The maximum Gasteiger partial charge on any atom is 0.257 e. The Hall–Kier alpha value is -1.62. The van der Waals surface area contributed by atoms with Crippen LogP contribution in [-0.4, -0.2) is 93.3 Å². The average Bonchev–Trinajstić information content (AvgIpc) is 2.61. The van der Waals surface area contributed by atoms with Crippen molar-refractivity contribution in [2.24, 2.45) is 0 Å². The lowest BCUT2D eigenvalue weighted by Crippen LogP contribution is -2.71. The van der Waals surface area contributed by atoms with Crippen molar-refractivity contribution < 1.29 is 31.5 Å². The molecule has 0 saturated carbocycles. The highest BCUT2D eigenvalue weighted by Gasteiger charge is 2.54. The molecule has 3 saturated heterocycles. The van der Waals surface area contributed by atoms with Crippen molar-refractivity contribution in [1.29, 1.82) is 0 Å². The van der Waals surface area contributed by atoms with Crippen molar-refractivity contribution in [3.8, 4) is 0 Å². The smallest absolute Gasteiger partial charge is 0.257 e. The Labute approximate surface area is 162 Å². The summed E-state index contributed by atoms with van der Waals surface area (Å²) in [6.45, 7) is 3.21. The Morgan fingerprint density at radius 2 is 1.93 bits per heavy atom. The monoisotopic (exact) mass is 416 g/mol. The second-order valence-corrected chi connectivity index (χ2v) is 9.90. The van der Waals surface area contributed by atoms with E-state index in [1.807, 2.05) is 0 Å². The molecule has 0 bridgehead atoms. The number of rotatable bonds is 3. The molecule has 10 heteroatoms. The highest BCUT2D eigenvalue weighted by atomic mass is 32.2. The number of carbonyl (C=O) groups excluding carboxylic acids is 1. The van der Waals surface area contributed by atoms with Crippen LogP contribution in [0.25, 0.3) is 0 Å². The molecule has 0 aliphatic carbocycles. The average molecular weight is 416 g/mol. The highest BCUT2D eigenvalue weighted by Crippen LogP contribution is 2.34. The molecule has 4 rings (SSSR count). The quantitative estimate of drug-likeness (QED) is 0.706. The topological polar surface area (TPSA) is 76.2 Å². The van der Waals surface area contributed by atoms with Gasteiger partial charge in [-0.05, 0) is 12.1 Å². The maximum atomic E-state index is 13.8. The molecule has 1 spiro atoms. The van der Waals surface area contributed by atoms with Crippen LogP contribution in [0.2, 0.25) is 0 Å². The summed E-state index contributed by atoms with van der Waals surface area (Å²) in [5.41, 5.74) is -1.17. The van der Waals surface area contributed by atoms with Crippen LogP contribution in [0, 0.1) is 11.6 Å². The highest BCUT2D eigenvalue weighted by molar-refractivity contribution is 7.92. The molecular weight excluding hydrogens is 394 g/mol. The van der Waals surface area contributed by atoms with Gasteiger partial charge in [0.1, 0.15) is 17.2 Å². The van der Waals surface area contributed by atoms with Gasteiger partial charge in [0.05, 0.1) is 49.5 Å². The molecule has 0 radical (unpaired) electrons. The molecule has 0 N–H and O–H groups in total. The molecule has 0 aromatic heterocycles. The van der Waals surface area contributed by atoms with Crippen LogP contribution < -0.4 is 0 Å². The zero-order valence-electron chi connectivity index (χ0n) is 15.3. The predicted molar refractivity (Wildman–Crippen MR) is 95.8 cm³/mol. The first kappa shape index (κ1) is 19.7. The fourth-order valence-electron chi connectivity index (χ4n) is 3.95. The minimum Gasteiger partial charge on any atom is -0.379 e.